The molecule has 0 saturated carbocycles. The van der Waals surface area contributed by atoms with Crippen molar-refractivity contribution in [3.63, 3.8) is 0 Å². The van der Waals surface area contributed by atoms with Gasteiger partial charge in [-0.25, -0.2) is 0 Å². The fourth-order valence-electron chi connectivity index (χ4n) is 2.56. The zero-order valence-corrected chi connectivity index (χ0v) is 12.4. The van der Waals surface area contributed by atoms with Crippen LogP contribution < -0.4 is 10.1 Å². The van der Waals surface area contributed by atoms with Crippen molar-refractivity contribution in [3.05, 3.63) is 29.3 Å². The molecule has 0 atom stereocenters. The molecule has 0 spiro atoms. The first kappa shape index (κ1) is 15.8. The summed E-state index contributed by atoms with van der Waals surface area (Å²) in [6.45, 7) is 1.07. The summed E-state index contributed by atoms with van der Waals surface area (Å²) in [5.41, 5.74) is 1.68. The summed E-state index contributed by atoms with van der Waals surface area (Å²) in [6, 6.07) is 5.91. The summed E-state index contributed by atoms with van der Waals surface area (Å²) >= 11 is 0. The number of carbonyl (C=O) groups is 1. The first-order valence-electron chi connectivity index (χ1n) is 7.40. The first-order valence-corrected chi connectivity index (χ1v) is 7.40. The summed E-state index contributed by atoms with van der Waals surface area (Å²) in [5.74, 6) is 0.335. The minimum Gasteiger partial charge on any atom is -0.484 e. The quantitative estimate of drug-likeness (QED) is 0.695. The van der Waals surface area contributed by atoms with Gasteiger partial charge in [-0.05, 0) is 48.9 Å². The number of amides is 1. The van der Waals surface area contributed by atoms with Gasteiger partial charge in [-0.1, -0.05) is 13.0 Å². The second kappa shape index (κ2) is 6.91. The van der Waals surface area contributed by atoms with Crippen molar-refractivity contribution in [3.8, 4) is 5.75 Å². The van der Waals surface area contributed by atoms with Crippen molar-refractivity contribution in [1.82, 2.24) is 5.32 Å². The van der Waals surface area contributed by atoms with Crippen LogP contribution in [0.4, 0.5) is 0 Å². The summed E-state index contributed by atoms with van der Waals surface area (Å²) in [4.78, 5) is 11.9. The predicted octanol–water partition coefficient (Wildman–Crippen LogP) is 0.804. The number of carbonyl (C=O) groups excluding carboxylic acids is 1. The Labute approximate surface area is 124 Å². The Morgan fingerprint density at radius 2 is 2.00 bits per heavy atom. The van der Waals surface area contributed by atoms with Crippen molar-refractivity contribution in [2.24, 2.45) is 0 Å². The van der Waals surface area contributed by atoms with Gasteiger partial charge < -0.3 is 20.3 Å². The minimum atomic E-state index is -0.974. The van der Waals surface area contributed by atoms with Crippen LogP contribution in [0.5, 0.6) is 5.75 Å². The van der Waals surface area contributed by atoms with Crippen LogP contribution in [0.15, 0.2) is 18.2 Å². The van der Waals surface area contributed by atoms with E-state index in [4.69, 9.17) is 4.74 Å². The third kappa shape index (κ3) is 3.74. The van der Waals surface area contributed by atoms with Gasteiger partial charge in [0.15, 0.2) is 6.61 Å². The molecular weight excluding hydrogens is 270 g/mol. The van der Waals surface area contributed by atoms with Gasteiger partial charge in [0, 0.05) is 0 Å². The fraction of sp³-hybridized carbons (Fsp3) is 0.562. The zero-order chi connectivity index (χ0) is 15.3. The van der Waals surface area contributed by atoms with E-state index in [2.05, 4.69) is 5.32 Å². The van der Waals surface area contributed by atoms with Crippen molar-refractivity contribution in [2.75, 3.05) is 19.8 Å². The number of ether oxygens (including phenoxy) is 1. The molecule has 0 unspecified atom stereocenters. The minimum absolute atomic E-state index is 0.124. The molecule has 0 radical (unpaired) electrons. The SMILES string of the molecule is CCC(CO)(CO)NC(=O)COc1ccc2c(c1)CCC2. The van der Waals surface area contributed by atoms with E-state index >= 15 is 0 Å². The molecule has 116 valence electrons. The average Bonchev–Trinajstić information content (AvgIpc) is 2.98. The van der Waals surface area contributed by atoms with Crippen LogP contribution in [0, 0.1) is 0 Å². The topological polar surface area (TPSA) is 78.8 Å². The molecule has 1 aromatic carbocycles. The number of hydrogen-bond donors (Lipinski definition) is 3. The molecule has 5 nitrogen and oxygen atoms in total. The van der Waals surface area contributed by atoms with E-state index < -0.39 is 5.54 Å². The zero-order valence-electron chi connectivity index (χ0n) is 12.4. The van der Waals surface area contributed by atoms with Crippen LogP contribution in [-0.2, 0) is 17.6 Å². The van der Waals surface area contributed by atoms with Crippen molar-refractivity contribution in [2.45, 2.75) is 38.1 Å². The Kier molecular flexibility index (Phi) is 5.20. The molecule has 3 N–H and O–H groups in total. The van der Waals surface area contributed by atoms with Gasteiger partial charge in [0.1, 0.15) is 5.75 Å². The van der Waals surface area contributed by atoms with Crippen molar-refractivity contribution < 1.29 is 19.7 Å². The number of aliphatic hydroxyl groups is 2. The lowest BCUT2D eigenvalue weighted by molar-refractivity contribution is -0.126. The maximum absolute atomic E-state index is 11.9. The Morgan fingerprint density at radius 1 is 1.29 bits per heavy atom. The van der Waals surface area contributed by atoms with Crippen LogP contribution >= 0.6 is 0 Å². The predicted molar refractivity (Wildman–Crippen MR) is 79.3 cm³/mol. The largest absolute Gasteiger partial charge is 0.484 e. The van der Waals surface area contributed by atoms with Crippen LogP contribution in [0.1, 0.15) is 30.9 Å². The second-order valence-corrected chi connectivity index (χ2v) is 5.57. The third-order valence-corrected chi connectivity index (χ3v) is 4.13. The van der Waals surface area contributed by atoms with Crippen molar-refractivity contribution >= 4 is 5.91 Å². The maximum Gasteiger partial charge on any atom is 0.258 e. The highest BCUT2D eigenvalue weighted by atomic mass is 16.5. The molecule has 1 aromatic rings. The standard InChI is InChI=1S/C16H23NO4/c1-2-16(10-18,11-19)17-15(20)9-21-14-7-6-12-4-3-5-13(12)8-14/h6-8,18-19H,2-5,9-11H2,1H3,(H,17,20). The molecule has 0 aromatic heterocycles. The Hall–Kier alpha value is -1.59. The molecule has 2 rings (SSSR count). The lowest BCUT2D eigenvalue weighted by Gasteiger charge is -2.29. The van der Waals surface area contributed by atoms with Gasteiger partial charge in [0.05, 0.1) is 18.8 Å². The molecule has 0 heterocycles. The van der Waals surface area contributed by atoms with E-state index in [9.17, 15) is 15.0 Å². The molecule has 5 heteroatoms. The summed E-state index contributed by atoms with van der Waals surface area (Å²) in [7, 11) is 0. The number of nitrogens with one attached hydrogen (secondary N) is 1. The Balaban J connectivity index is 1.89. The smallest absolute Gasteiger partial charge is 0.258 e. The summed E-state index contributed by atoms with van der Waals surface area (Å²) in [5, 5.41) is 21.2. The molecule has 21 heavy (non-hydrogen) atoms. The Bertz CT molecular complexity index is 489. The molecule has 1 aliphatic carbocycles. The van der Waals surface area contributed by atoms with E-state index in [1.807, 2.05) is 18.2 Å². The van der Waals surface area contributed by atoms with E-state index in [-0.39, 0.29) is 25.7 Å². The molecule has 0 aliphatic heterocycles. The number of aliphatic hydroxyl groups excluding tert-OH is 2. The van der Waals surface area contributed by atoms with Gasteiger partial charge in [-0.2, -0.15) is 0 Å². The van der Waals surface area contributed by atoms with Crippen molar-refractivity contribution in [1.29, 1.82) is 0 Å². The van der Waals surface area contributed by atoms with Crippen LogP contribution in [-0.4, -0.2) is 41.5 Å². The van der Waals surface area contributed by atoms with E-state index in [1.54, 1.807) is 6.92 Å². The van der Waals surface area contributed by atoms with Gasteiger partial charge in [0.25, 0.3) is 5.91 Å². The lowest BCUT2D eigenvalue weighted by Crippen LogP contribution is -2.54. The Morgan fingerprint density at radius 3 is 2.67 bits per heavy atom. The molecule has 1 amide bonds. The van der Waals surface area contributed by atoms with E-state index in [1.165, 1.54) is 17.5 Å². The second-order valence-electron chi connectivity index (χ2n) is 5.57. The first-order chi connectivity index (χ1) is 10.1. The molecular formula is C16H23NO4. The van der Waals surface area contributed by atoms with Gasteiger partial charge >= 0.3 is 0 Å². The summed E-state index contributed by atoms with van der Waals surface area (Å²) in [6.07, 6.45) is 3.80. The monoisotopic (exact) mass is 293 g/mol. The van der Waals surface area contributed by atoms with Crippen LogP contribution in [0.3, 0.4) is 0 Å². The van der Waals surface area contributed by atoms with Crippen LogP contribution in [0.2, 0.25) is 0 Å². The third-order valence-electron chi connectivity index (χ3n) is 4.13. The number of fused-ring (bicyclic) bond motifs is 1. The molecule has 1 aliphatic rings. The van der Waals surface area contributed by atoms with E-state index in [0.717, 1.165) is 12.8 Å². The summed E-state index contributed by atoms with van der Waals surface area (Å²) < 4.78 is 5.50. The van der Waals surface area contributed by atoms with Gasteiger partial charge in [-0.15, -0.1) is 0 Å². The number of benzene rings is 1. The van der Waals surface area contributed by atoms with Gasteiger partial charge in [0.2, 0.25) is 0 Å². The highest BCUT2D eigenvalue weighted by Crippen LogP contribution is 2.25. The average molecular weight is 293 g/mol. The maximum atomic E-state index is 11.9. The molecule has 0 bridgehead atoms. The molecule has 0 fully saturated rings. The highest BCUT2D eigenvalue weighted by molar-refractivity contribution is 5.78. The lowest BCUT2D eigenvalue weighted by atomic mass is 9.98. The van der Waals surface area contributed by atoms with Crippen LogP contribution in [0.25, 0.3) is 0 Å². The number of rotatable bonds is 7. The normalized spacial score (nSPS) is 13.9. The number of aryl methyl sites for hydroxylation is 2. The molecule has 0 saturated heterocycles. The number of hydrogen-bond acceptors (Lipinski definition) is 4. The van der Waals surface area contributed by atoms with Gasteiger partial charge in [-0.3, -0.25) is 4.79 Å². The van der Waals surface area contributed by atoms with E-state index in [0.29, 0.717) is 12.2 Å². The fourth-order valence-corrected chi connectivity index (χ4v) is 2.56. The highest BCUT2D eigenvalue weighted by Gasteiger charge is 2.28.